The first-order chi connectivity index (χ1) is 4.97. The highest BCUT2D eigenvalue weighted by Crippen LogP contribution is 2.22. The number of rotatable bonds is 1. The highest BCUT2D eigenvalue weighted by atomic mass is 16.5. The lowest BCUT2D eigenvalue weighted by atomic mass is 10.1. The molecular formula is C8H10O2. The van der Waals surface area contributed by atoms with Crippen LogP contribution in [0, 0.1) is 0 Å². The zero-order valence-corrected chi connectivity index (χ0v) is 5.80. The molecule has 2 aliphatic heterocycles. The first-order valence-corrected chi connectivity index (χ1v) is 3.54. The van der Waals surface area contributed by atoms with E-state index in [0.717, 1.165) is 26.2 Å². The minimum Gasteiger partial charge on any atom is -0.501 e. The molecule has 0 N–H and O–H groups in total. The van der Waals surface area contributed by atoms with Crippen LogP contribution in [0.3, 0.4) is 0 Å². The molecule has 2 aliphatic rings. The van der Waals surface area contributed by atoms with E-state index in [1.165, 1.54) is 11.1 Å². The van der Waals surface area contributed by atoms with E-state index >= 15 is 0 Å². The second-order valence-electron chi connectivity index (χ2n) is 2.51. The summed E-state index contributed by atoms with van der Waals surface area (Å²) < 4.78 is 10.3. The lowest BCUT2D eigenvalue weighted by Gasteiger charge is -1.96. The van der Waals surface area contributed by atoms with E-state index in [2.05, 4.69) is 6.08 Å². The van der Waals surface area contributed by atoms with Gasteiger partial charge < -0.3 is 9.47 Å². The molecule has 0 saturated heterocycles. The minimum atomic E-state index is 0.771. The predicted octanol–water partition coefficient (Wildman–Crippen LogP) is 1.25. The maximum Gasteiger partial charge on any atom is 0.0915 e. The van der Waals surface area contributed by atoms with Crippen molar-refractivity contribution >= 4 is 0 Å². The van der Waals surface area contributed by atoms with Gasteiger partial charge in [0, 0.05) is 6.42 Å². The quantitative estimate of drug-likeness (QED) is 0.543. The van der Waals surface area contributed by atoms with E-state index in [9.17, 15) is 0 Å². The molecule has 0 spiro atoms. The number of hydrogen-bond acceptors (Lipinski definition) is 2. The van der Waals surface area contributed by atoms with E-state index in [4.69, 9.17) is 9.47 Å². The molecule has 0 fully saturated rings. The van der Waals surface area contributed by atoms with Crippen LogP contribution in [0.25, 0.3) is 0 Å². The Labute approximate surface area is 60.1 Å². The van der Waals surface area contributed by atoms with E-state index in [1.54, 1.807) is 0 Å². The summed E-state index contributed by atoms with van der Waals surface area (Å²) in [6.07, 6.45) is 5.02. The highest BCUT2D eigenvalue weighted by Gasteiger charge is 2.13. The molecule has 0 saturated carbocycles. The second kappa shape index (κ2) is 2.46. The largest absolute Gasteiger partial charge is 0.501 e. The zero-order valence-electron chi connectivity index (χ0n) is 5.80. The van der Waals surface area contributed by atoms with Gasteiger partial charge in [0.1, 0.15) is 0 Å². The van der Waals surface area contributed by atoms with Gasteiger partial charge in [-0.05, 0) is 11.1 Å². The van der Waals surface area contributed by atoms with Gasteiger partial charge in [0.25, 0.3) is 0 Å². The fraction of sp³-hybridized carbons (Fsp3) is 0.500. The second-order valence-corrected chi connectivity index (χ2v) is 2.51. The van der Waals surface area contributed by atoms with Crippen molar-refractivity contribution in [1.82, 2.24) is 0 Å². The minimum absolute atomic E-state index is 0.771. The molecule has 54 valence electrons. The fourth-order valence-corrected chi connectivity index (χ4v) is 1.23. The lowest BCUT2D eigenvalue weighted by Crippen LogP contribution is -1.90. The van der Waals surface area contributed by atoms with Crippen molar-refractivity contribution in [2.45, 2.75) is 6.42 Å². The highest BCUT2D eigenvalue weighted by molar-refractivity contribution is 5.33. The molecule has 10 heavy (non-hydrogen) atoms. The van der Waals surface area contributed by atoms with Crippen LogP contribution in [-0.2, 0) is 9.47 Å². The molecule has 2 heterocycles. The maximum absolute atomic E-state index is 5.18. The molecule has 0 aromatic rings. The normalized spacial score (nSPS) is 24.0. The summed E-state index contributed by atoms with van der Waals surface area (Å²) in [5.74, 6) is 0. The van der Waals surface area contributed by atoms with Crippen molar-refractivity contribution in [3.8, 4) is 0 Å². The van der Waals surface area contributed by atoms with Crippen LogP contribution < -0.4 is 0 Å². The Kier molecular flexibility index (Phi) is 1.47. The Bertz CT molecular complexity index is 169. The lowest BCUT2D eigenvalue weighted by molar-refractivity contribution is 0.209. The monoisotopic (exact) mass is 138 g/mol. The van der Waals surface area contributed by atoms with Gasteiger partial charge in [-0.15, -0.1) is 0 Å². The molecule has 2 rings (SSSR count). The number of ether oxygens (including phenoxy) is 2. The molecule has 0 unspecified atom stereocenters. The van der Waals surface area contributed by atoms with Crippen molar-refractivity contribution in [3.63, 3.8) is 0 Å². The molecule has 0 aliphatic carbocycles. The van der Waals surface area contributed by atoms with Gasteiger partial charge in [-0.1, -0.05) is 6.08 Å². The fourth-order valence-electron chi connectivity index (χ4n) is 1.23. The summed E-state index contributed by atoms with van der Waals surface area (Å²) in [6, 6.07) is 0. The molecule has 0 atom stereocenters. The van der Waals surface area contributed by atoms with Crippen LogP contribution in [0.5, 0.6) is 0 Å². The average molecular weight is 138 g/mol. The third-order valence-electron chi connectivity index (χ3n) is 1.83. The van der Waals surface area contributed by atoms with E-state index in [-0.39, 0.29) is 0 Å². The van der Waals surface area contributed by atoms with Gasteiger partial charge in [-0.25, -0.2) is 0 Å². The first kappa shape index (κ1) is 5.98. The Morgan fingerprint density at radius 3 is 2.90 bits per heavy atom. The van der Waals surface area contributed by atoms with Gasteiger partial charge in [0.15, 0.2) is 0 Å². The first-order valence-electron chi connectivity index (χ1n) is 3.54. The molecular weight excluding hydrogens is 128 g/mol. The zero-order chi connectivity index (χ0) is 6.81. The molecule has 0 radical (unpaired) electrons. The van der Waals surface area contributed by atoms with Crippen LogP contribution in [-0.4, -0.2) is 19.8 Å². The van der Waals surface area contributed by atoms with Crippen LogP contribution in [0.1, 0.15) is 6.42 Å². The predicted molar refractivity (Wildman–Crippen MR) is 37.6 cm³/mol. The van der Waals surface area contributed by atoms with Crippen molar-refractivity contribution < 1.29 is 9.47 Å². The van der Waals surface area contributed by atoms with Gasteiger partial charge in [0.2, 0.25) is 0 Å². The standard InChI is InChI=1S/C8H10O2/c1-3-9-5-7(1)8-2-4-10-6-8/h1,6H,2-5H2. The van der Waals surface area contributed by atoms with Crippen LogP contribution in [0.4, 0.5) is 0 Å². The summed E-state index contributed by atoms with van der Waals surface area (Å²) >= 11 is 0. The molecule has 0 amide bonds. The van der Waals surface area contributed by atoms with Crippen molar-refractivity contribution in [1.29, 1.82) is 0 Å². The molecule has 0 bridgehead atoms. The van der Waals surface area contributed by atoms with E-state index < -0.39 is 0 Å². The smallest absolute Gasteiger partial charge is 0.0915 e. The van der Waals surface area contributed by atoms with Gasteiger partial charge >= 0.3 is 0 Å². The third kappa shape index (κ3) is 0.948. The van der Waals surface area contributed by atoms with Crippen molar-refractivity contribution in [3.05, 3.63) is 23.5 Å². The van der Waals surface area contributed by atoms with Crippen LogP contribution >= 0.6 is 0 Å². The van der Waals surface area contributed by atoms with Gasteiger partial charge in [-0.3, -0.25) is 0 Å². The van der Waals surface area contributed by atoms with E-state index in [0.29, 0.717) is 0 Å². The summed E-state index contributed by atoms with van der Waals surface area (Å²) in [6.45, 7) is 2.38. The Morgan fingerprint density at radius 2 is 2.30 bits per heavy atom. The average Bonchev–Trinajstić information content (AvgIpc) is 2.59. The summed E-state index contributed by atoms with van der Waals surface area (Å²) in [5.41, 5.74) is 2.63. The van der Waals surface area contributed by atoms with Crippen LogP contribution in [0.15, 0.2) is 23.5 Å². The van der Waals surface area contributed by atoms with Crippen molar-refractivity contribution in [2.24, 2.45) is 0 Å². The maximum atomic E-state index is 5.18. The summed E-state index contributed by atoms with van der Waals surface area (Å²) in [5, 5.41) is 0. The summed E-state index contributed by atoms with van der Waals surface area (Å²) in [4.78, 5) is 0. The third-order valence-corrected chi connectivity index (χ3v) is 1.83. The molecule has 2 nitrogen and oxygen atoms in total. The Balaban J connectivity index is 2.10. The van der Waals surface area contributed by atoms with Gasteiger partial charge in [-0.2, -0.15) is 0 Å². The number of hydrogen-bond donors (Lipinski definition) is 0. The topological polar surface area (TPSA) is 18.5 Å². The van der Waals surface area contributed by atoms with Crippen LogP contribution in [0.2, 0.25) is 0 Å². The Hall–Kier alpha value is -0.760. The Morgan fingerprint density at radius 1 is 1.30 bits per heavy atom. The SMILES string of the molecule is C1=C(C2=CCOC2)CCO1. The van der Waals surface area contributed by atoms with Crippen molar-refractivity contribution in [2.75, 3.05) is 19.8 Å². The molecule has 0 aromatic carbocycles. The van der Waals surface area contributed by atoms with E-state index in [1.807, 2.05) is 6.26 Å². The molecule has 0 aromatic heterocycles. The van der Waals surface area contributed by atoms with Gasteiger partial charge in [0.05, 0.1) is 26.1 Å². The molecule has 2 heteroatoms. The summed E-state index contributed by atoms with van der Waals surface area (Å²) in [7, 11) is 0.